The minimum atomic E-state index is -0.756. The molecule has 2 rings (SSSR count). The molecule has 0 aliphatic carbocycles. The number of nitrogens with one attached hydrogen (secondary N) is 1. The lowest BCUT2D eigenvalue weighted by Gasteiger charge is -2.07. The molecule has 0 saturated heterocycles. The van der Waals surface area contributed by atoms with Crippen molar-refractivity contribution in [1.82, 2.24) is 0 Å². The first-order valence-electron chi connectivity index (χ1n) is 5.96. The molecule has 6 heteroatoms. The van der Waals surface area contributed by atoms with Crippen LogP contribution in [0, 0.1) is 11.6 Å². The van der Waals surface area contributed by atoms with Crippen molar-refractivity contribution >= 4 is 17.6 Å². The molecule has 0 spiro atoms. The Balaban J connectivity index is 2.24. The lowest BCUT2D eigenvalue weighted by atomic mass is 10.1. The molecule has 2 aromatic carbocycles. The normalized spacial score (nSPS) is 10.0. The molecule has 1 amide bonds. The van der Waals surface area contributed by atoms with Gasteiger partial charge < -0.3 is 10.1 Å². The van der Waals surface area contributed by atoms with Crippen LogP contribution >= 0.6 is 0 Å². The number of amides is 1. The fourth-order valence-corrected chi connectivity index (χ4v) is 1.69. The van der Waals surface area contributed by atoms with E-state index in [0.29, 0.717) is 0 Å². The molecule has 2 aromatic rings. The standard InChI is InChI=1S/C15H11F2NO3/c1-21-15(20)10-4-2-3-9(7-10)14(19)18-13-8-11(16)5-6-12(13)17/h2-8H,1H3,(H,18,19). The third kappa shape index (κ3) is 3.42. The number of halogens is 2. The highest BCUT2D eigenvalue weighted by Gasteiger charge is 2.13. The molecular formula is C15H11F2NO3. The molecule has 0 fully saturated rings. The third-order valence-electron chi connectivity index (χ3n) is 2.72. The summed E-state index contributed by atoms with van der Waals surface area (Å²) >= 11 is 0. The highest BCUT2D eigenvalue weighted by Crippen LogP contribution is 2.17. The smallest absolute Gasteiger partial charge is 0.337 e. The fraction of sp³-hybridized carbons (Fsp3) is 0.0667. The van der Waals surface area contributed by atoms with Gasteiger partial charge in [0, 0.05) is 11.6 Å². The average Bonchev–Trinajstić information content (AvgIpc) is 2.50. The molecule has 4 nitrogen and oxygen atoms in total. The summed E-state index contributed by atoms with van der Waals surface area (Å²) in [6, 6.07) is 8.45. The highest BCUT2D eigenvalue weighted by molar-refractivity contribution is 6.05. The van der Waals surface area contributed by atoms with Gasteiger partial charge in [-0.05, 0) is 30.3 Å². The topological polar surface area (TPSA) is 55.4 Å². The van der Waals surface area contributed by atoms with Gasteiger partial charge in [0.05, 0.1) is 18.4 Å². The van der Waals surface area contributed by atoms with Crippen molar-refractivity contribution in [3.05, 3.63) is 65.2 Å². The number of carbonyl (C=O) groups is 2. The number of carbonyl (C=O) groups excluding carboxylic acids is 2. The monoisotopic (exact) mass is 291 g/mol. The van der Waals surface area contributed by atoms with E-state index in [1.807, 2.05) is 0 Å². The van der Waals surface area contributed by atoms with Gasteiger partial charge in [-0.1, -0.05) is 6.07 Å². The Morgan fingerprint density at radius 1 is 1.05 bits per heavy atom. The van der Waals surface area contributed by atoms with Crippen LogP contribution in [0.1, 0.15) is 20.7 Å². The van der Waals surface area contributed by atoms with Crippen molar-refractivity contribution in [3.8, 4) is 0 Å². The van der Waals surface area contributed by atoms with E-state index in [2.05, 4.69) is 10.1 Å². The summed E-state index contributed by atoms with van der Waals surface area (Å²) in [5.74, 6) is -2.68. The van der Waals surface area contributed by atoms with Gasteiger partial charge in [0.2, 0.25) is 0 Å². The van der Waals surface area contributed by atoms with Crippen molar-refractivity contribution in [2.45, 2.75) is 0 Å². The molecule has 0 aliphatic heterocycles. The number of esters is 1. The lowest BCUT2D eigenvalue weighted by molar-refractivity contribution is 0.0600. The number of hydrogen-bond acceptors (Lipinski definition) is 3. The van der Waals surface area contributed by atoms with Gasteiger partial charge in [-0.3, -0.25) is 4.79 Å². The van der Waals surface area contributed by atoms with Crippen LogP contribution in [-0.2, 0) is 4.74 Å². The van der Waals surface area contributed by atoms with Crippen molar-refractivity contribution < 1.29 is 23.1 Å². The van der Waals surface area contributed by atoms with Crippen molar-refractivity contribution in [1.29, 1.82) is 0 Å². The predicted molar refractivity (Wildman–Crippen MR) is 72.1 cm³/mol. The minimum Gasteiger partial charge on any atom is -0.465 e. The van der Waals surface area contributed by atoms with Crippen LogP contribution in [0.3, 0.4) is 0 Å². The quantitative estimate of drug-likeness (QED) is 0.884. The zero-order valence-corrected chi connectivity index (χ0v) is 11.0. The summed E-state index contributed by atoms with van der Waals surface area (Å²) in [6.45, 7) is 0. The molecule has 0 heterocycles. The van der Waals surface area contributed by atoms with Gasteiger partial charge in [0.25, 0.3) is 5.91 Å². The van der Waals surface area contributed by atoms with Crippen LogP contribution in [0.25, 0.3) is 0 Å². The van der Waals surface area contributed by atoms with Crippen LogP contribution in [0.15, 0.2) is 42.5 Å². The predicted octanol–water partition coefficient (Wildman–Crippen LogP) is 3.00. The Labute approximate surface area is 119 Å². The average molecular weight is 291 g/mol. The summed E-state index contributed by atoms with van der Waals surface area (Å²) in [5.41, 5.74) is 0.0369. The second-order valence-corrected chi connectivity index (χ2v) is 4.15. The van der Waals surface area contributed by atoms with E-state index in [1.54, 1.807) is 0 Å². The van der Waals surface area contributed by atoms with E-state index in [1.165, 1.54) is 31.4 Å². The molecule has 108 valence electrons. The van der Waals surface area contributed by atoms with Gasteiger partial charge in [0.1, 0.15) is 11.6 Å². The Bertz CT molecular complexity index is 701. The fourth-order valence-electron chi connectivity index (χ4n) is 1.69. The Hall–Kier alpha value is -2.76. The number of anilines is 1. The first-order chi connectivity index (χ1) is 10.0. The summed E-state index contributed by atoms with van der Waals surface area (Å²) in [6.07, 6.45) is 0. The second-order valence-electron chi connectivity index (χ2n) is 4.15. The molecule has 0 bridgehead atoms. The summed E-state index contributed by atoms with van der Waals surface area (Å²) in [4.78, 5) is 23.4. The van der Waals surface area contributed by atoms with E-state index >= 15 is 0 Å². The molecule has 0 atom stereocenters. The van der Waals surface area contributed by atoms with Gasteiger partial charge in [-0.2, -0.15) is 0 Å². The van der Waals surface area contributed by atoms with Gasteiger partial charge >= 0.3 is 5.97 Å². The van der Waals surface area contributed by atoms with E-state index in [-0.39, 0.29) is 16.8 Å². The summed E-state index contributed by atoms with van der Waals surface area (Å²) in [7, 11) is 1.22. The van der Waals surface area contributed by atoms with E-state index < -0.39 is 23.5 Å². The van der Waals surface area contributed by atoms with Gasteiger partial charge in [-0.15, -0.1) is 0 Å². The molecule has 0 radical (unpaired) electrons. The number of hydrogen-bond donors (Lipinski definition) is 1. The number of ether oxygens (including phenoxy) is 1. The molecule has 0 unspecified atom stereocenters. The molecule has 0 saturated carbocycles. The van der Waals surface area contributed by atoms with Crippen LogP contribution in [0.5, 0.6) is 0 Å². The zero-order chi connectivity index (χ0) is 15.4. The van der Waals surface area contributed by atoms with Crippen molar-refractivity contribution in [2.75, 3.05) is 12.4 Å². The molecule has 0 aliphatic rings. The highest BCUT2D eigenvalue weighted by atomic mass is 19.1. The van der Waals surface area contributed by atoms with Crippen LogP contribution in [-0.4, -0.2) is 19.0 Å². The second kappa shape index (κ2) is 6.13. The maximum atomic E-state index is 13.5. The van der Waals surface area contributed by atoms with Gasteiger partial charge in [0.15, 0.2) is 0 Å². The Morgan fingerprint density at radius 3 is 2.48 bits per heavy atom. The van der Waals surface area contributed by atoms with Crippen LogP contribution in [0.4, 0.5) is 14.5 Å². The first-order valence-corrected chi connectivity index (χ1v) is 5.96. The Morgan fingerprint density at radius 2 is 1.76 bits per heavy atom. The summed E-state index contributed by atoms with van der Waals surface area (Å²) in [5, 5.41) is 2.25. The third-order valence-corrected chi connectivity index (χ3v) is 2.72. The molecular weight excluding hydrogens is 280 g/mol. The van der Waals surface area contributed by atoms with Gasteiger partial charge in [-0.25, -0.2) is 13.6 Å². The first kappa shape index (κ1) is 14.6. The van der Waals surface area contributed by atoms with E-state index in [4.69, 9.17) is 0 Å². The van der Waals surface area contributed by atoms with Crippen LogP contribution < -0.4 is 5.32 Å². The Kier molecular flexibility index (Phi) is 4.27. The van der Waals surface area contributed by atoms with Crippen molar-refractivity contribution in [3.63, 3.8) is 0 Å². The van der Waals surface area contributed by atoms with Crippen LogP contribution in [0.2, 0.25) is 0 Å². The maximum absolute atomic E-state index is 13.5. The van der Waals surface area contributed by atoms with E-state index in [9.17, 15) is 18.4 Å². The lowest BCUT2D eigenvalue weighted by Crippen LogP contribution is -2.14. The molecule has 21 heavy (non-hydrogen) atoms. The zero-order valence-electron chi connectivity index (χ0n) is 11.0. The van der Waals surface area contributed by atoms with Crippen molar-refractivity contribution in [2.24, 2.45) is 0 Å². The largest absolute Gasteiger partial charge is 0.465 e. The summed E-state index contributed by atoms with van der Waals surface area (Å²) < 4.78 is 31.0. The molecule has 0 aromatic heterocycles. The minimum absolute atomic E-state index is 0.126. The number of benzene rings is 2. The molecule has 1 N–H and O–H groups in total. The number of methoxy groups -OCH3 is 1. The maximum Gasteiger partial charge on any atom is 0.337 e. The van der Waals surface area contributed by atoms with E-state index in [0.717, 1.165) is 18.2 Å². The SMILES string of the molecule is COC(=O)c1cccc(C(=O)Nc2cc(F)ccc2F)c1. The number of rotatable bonds is 3.